The van der Waals surface area contributed by atoms with E-state index in [-0.39, 0.29) is 5.54 Å². The number of hydrogen-bond acceptors (Lipinski definition) is 3. The highest BCUT2D eigenvalue weighted by molar-refractivity contribution is 7.99. The number of nitrogens with zero attached hydrogens (tertiary/aromatic N) is 1. The van der Waals surface area contributed by atoms with Gasteiger partial charge in [-0.15, -0.1) is 11.8 Å². The molecule has 3 heteroatoms. The number of thioether (sulfide) groups is 1. The number of nitrogens with one attached hydrogen (secondary N) is 1. The Balaban J connectivity index is 1.64. The van der Waals surface area contributed by atoms with Gasteiger partial charge in [-0.1, -0.05) is 26.0 Å². The molecule has 0 spiro atoms. The lowest BCUT2D eigenvalue weighted by Gasteiger charge is -2.28. The Bertz CT molecular complexity index is 523. The van der Waals surface area contributed by atoms with E-state index in [1.807, 2.05) is 11.8 Å². The molecule has 2 aliphatic rings. The van der Waals surface area contributed by atoms with Crippen LogP contribution in [-0.2, 0) is 0 Å². The van der Waals surface area contributed by atoms with Crippen LogP contribution in [0, 0.1) is 17.2 Å². The quantitative estimate of drug-likeness (QED) is 0.761. The van der Waals surface area contributed by atoms with Crippen LogP contribution in [0.3, 0.4) is 0 Å². The van der Waals surface area contributed by atoms with E-state index >= 15 is 0 Å². The molecule has 2 aliphatic carbocycles. The lowest BCUT2D eigenvalue weighted by Crippen LogP contribution is -2.49. The standard InChI is InChI=1S/C18H24N2S/c1-13(2)14-3-9-17(10-4-14)21-12-18(11-19,15-5-6-15)20-16-7-8-16/h3-4,9-10,13,15-16,20H,5-8,12H2,1-2H3. The van der Waals surface area contributed by atoms with Crippen molar-refractivity contribution in [1.29, 1.82) is 5.26 Å². The second kappa shape index (κ2) is 6.02. The van der Waals surface area contributed by atoms with E-state index in [2.05, 4.69) is 49.5 Å². The average molecular weight is 300 g/mol. The van der Waals surface area contributed by atoms with Crippen LogP contribution in [0.1, 0.15) is 51.0 Å². The van der Waals surface area contributed by atoms with Gasteiger partial charge in [-0.2, -0.15) is 5.26 Å². The molecule has 112 valence electrons. The maximum absolute atomic E-state index is 9.73. The Morgan fingerprint density at radius 2 is 1.90 bits per heavy atom. The van der Waals surface area contributed by atoms with Crippen LogP contribution in [0.4, 0.5) is 0 Å². The summed E-state index contributed by atoms with van der Waals surface area (Å²) < 4.78 is 0. The topological polar surface area (TPSA) is 35.8 Å². The monoisotopic (exact) mass is 300 g/mol. The van der Waals surface area contributed by atoms with Gasteiger partial charge in [-0.05, 0) is 55.2 Å². The van der Waals surface area contributed by atoms with Gasteiger partial charge in [0.05, 0.1) is 6.07 Å². The van der Waals surface area contributed by atoms with Crippen LogP contribution in [-0.4, -0.2) is 17.3 Å². The van der Waals surface area contributed by atoms with Crippen molar-refractivity contribution < 1.29 is 0 Å². The molecule has 0 aliphatic heterocycles. The molecule has 2 nitrogen and oxygen atoms in total. The minimum Gasteiger partial charge on any atom is -0.296 e. The zero-order chi connectivity index (χ0) is 14.9. The highest BCUT2D eigenvalue weighted by atomic mass is 32.2. The van der Waals surface area contributed by atoms with Crippen molar-refractivity contribution in [2.45, 2.75) is 61.9 Å². The number of benzene rings is 1. The minimum absolute atomic E-state index is 0.303. The molecule has 0 saturated heterocycles. The van der Waals surface area contributed by atoms with Crippen LogP contribution in [0.5, 0.6) is 0 Å². The molecule has 1 N–H and O–H groups in total. The van der Waals surface area contributed by atoms with Gasteiger partial charge < -0.3 is 0 Å². The molecule has 2 saturated carbocycles. The summed E-state index contributed by atoms with van der Waals surface area (Å²) in [5.41, 5.74) is 1.08. The van der Waals surface area contributed by atoms with Gasteiger partial charge in [0.15, 0.2) is 0 Å². The van der Waals surface area contributed by atoms with E-state index < -0.39 is 0 Å². The van der Waals surface area contributed by atoms with Gasteiger partial charge in [0.1, 0.15) is 5.54 Å². The molecule has 1 aromatic carbocycles. The highest BCUT2D eigenvalue weighted by Gasteiger charge is 2.48. The van der Waals surface area contributed by atoms with E-state index in [1.54, 1.807) is 0 Å². The predicted octanol–water partition coefficient (Wildman–Crippen LogP) is 4.33. The van der Waals surface area contributed by atoms with Gasteiger partial charge in [-0.3, -0.25) is 5.32 Å². The summed E-state index contributed by atoms with van der Waals surface area (Å²) in [6.07, 6.45) is 4.90. The second-order valence-corrected chi connectivity index (χ2v) is 7.84. The Morgan fingerprint density at radius 1 is 1.24 bits per heavy atom. The van der Waals surface area contributed by atoms with Gasteiger partial charge in [0, 0.05) is 16.7 Å². The summed E-state index contributed by atoms with van der Waals surface area (Å²) in [6.45, 7) is 4.44. The fourth-order valence-electron chi connectivity index (χ4n) is 2.75. The van der Waals surface area contributed by atoms with Gasteiger partial charge in [0.2, 0.25) is 0 Å². The summed E-state index contributed by atoms with van der Waals surface area (Å²) in [5, 5.41) is 13.4. The van der Waals surface area contributed by atoms with Gasteiger partial charge in [0.25, 0.3) is 0 Å². The summed E-state index contributed by atoms with van der Waals surface area (Å²) in [5.74, 6) is 2.00. The summed E-state index contributed by atoms with van der Waals surface area (Å²) in [6, 6.07) is 12.0. The molecule has 1 unspecified atom stereocenters. The molecule has 0 aromatic heterocycles. The lowest BCUT2D eigenvalue weighted by atomic mass is 9.97. The van der Waals surface area contributed by atoms with Crippen LogP contribution < -0.4 is 5.32 Å². The molecule has 1 aromatic rings. The Labute approximate surface area is 132 Å². The maximum atomic E-state index is 9.73. The summed E-state index contributed by atoms with van der Waals surface area (Å²) in [4.78, 5) is 1.28. The molecule has 3 rings (SSSR count). The predicted molar refractivity (Wildman–Crippen MR) is 88.5 cm³/mol. The fraction of sp³-hybridized carbons (Fsp3) is 0.611. The van der Waals surface area contributed by atoms with Crippen molar-refractivity contribution in [1.82, 2.24) is 5.32 Å². The molecule has 21 heavy (non-hydrogen) atoms. The van der Waals surface area contributed by atoms with Gasteiger partial charge in [-0.25, -0.2) is 0 Å². The van der Waals surface area contributed by atoms with Crippen molar-refractivity contribution in [2.24, 2.45) is 5.92 Å². The molecular formula is C18H24N2S. The van der Waals surface area contributed by atoms with E-state index in [0.717, 1.165) is 5.75 Å². The summed E-state index contributed by atoms with van der Waals surface area (Å²) >= 11 is 1.83. The minimum atomic E-state index is -0.303. The number of rotatable bonds is 7. The SMILES string of the molecule is CC(C)c1ccc(SCC(C#N)(NC2CC2)C2CC2)cc1. The molecule has 2 fully saturated rings. The number of nitriles is 1. The lowest BCUT2D eigenvalue weighted by molar-refractivity contribution is 0.401. The zero-order valence-electron chi connectivity index (χ0n) is 12.9. The van der Waals surface area contributed by atoms with Crippen molar-refractivity contribution in [3.05, 3.63) is 29.8 Å². The van der Waals surface area contributed by atoms with Crippen LogP contribution >= 0.6 is 11.8 Å². The average Bonchev–Trinajstić information content (AvgIpc) is 3.37. The van der Waals surface area contributed by atoms with Crippen LogP contribution in [0.25, 0.3) is 0 Å². The summed E-state index contributed by atoms with van der Waals surface area (Å²) in [7, 11) is 0. The third kappa shape index (κ3) is 3.62. The molecule has 0 radical (unpaired) electrons. The normalized spacial score (nSPS) is 21.0. The van der Waals surface area contributed by atoms with E-state index in [4.69, 9.17) is 0 Å². The fourth-order valence-corrected chi connectivity index (χ4v) is 3.85. The van der Waals surface area contributed by atoms with Crippen LogP contribution in [0.15, 0.2) is 29.2 Å². The van der Waals surface area contributed by atoms with Crippen molar-refractivity contribution in [3.8, 4) is 6.07 Å². The van der Waals surface area contributed by atoms with E-state index in [0.29, 0.717) is 17.9 Å². The Hall–Kier alpha value is -0.980. The smallest absolute Gasteiger partial charge is 0.119 e. The molecule has 0 heterocycles. The molecular weight excluding hydrogens is 276 g/mol. The third-order valence-electron chi connectivity index (χ3n) is 4.53. The highest BCUT2D eigenvalue weighted by Crippen LogP contribution is 2.43. The third-order valence-corrected chi connectivity index (χ3v) is 5.73. The van der Waals surface area contributed by atoms with E-state index in [9.17, 15) is 5.26 Å². The van der Waals surface area contributed by atoms with Crippen molar-refractivity contribution in [2.75, 3.05) is 5.75 Å². The molecule has 0 bridgehead atoms. The zero-order valence-corrected chi connectivity index (χ0v) is 13.7. The van der Waals surface area contributed by atoms with E-state index in [1.165, 1.54) is 36.1 Å². The van der Waals surface area contributed by atoms with Crippen molar-refractivity contribution >= 4 is 11.8 Å². The van der Waals surface area contributed by atoms with Crippen molar-refractivity contribution in [3.63, 3.8) is 0 Å². The Morgan fingerprint density at radius 3 is 2.38 bits per heavy atom. The first-order valence-electron chi connectivity index (χ1n) is 8.05. The number of hydrogen-bond donors (Lipinski definition) is 1. The molecule has 0 amide bonds. The second-order valence-electron chi connectivity index (χ2n) is 6.79. The molecule has 1 atom stereocenters. The van der Waals surface area contributed by atoms with Crippen LogP contribution in [0.2, 0.25) is 0 Å². The van der Waals surface area contributed by atoms with Gasteiger partial charge >= 0.3 is 0 Å². The largest absolute Gasteiger partial charge is 0.296 e. The first-order chi connectivity index (χ1) is 10.1. The maximum Gasteiger partial charge on any atom is 0.119 e. The Kier molecular flexibility index (Phi) is 4.28. The first kappa shape index (κ1) is 14.9. The first-order valence-corrected chi connectivity index (χ1v) is 9.03.